The molecule has 2 atom stereocenters. The number of hydrogen-bond donors (Lipinski definition) is 1. The normalized spacial score (nSPS) is 23.5. The number of methoxy groups -OCH3 is 1. The average Bonchev–Trinajstić information content (AvgIpc) is 3.24. The number of halogens is 1. The van der Waals surface area contributed by atoms with Gasteiger partial charge in [-0.15, -0.1) is 0 Å². The van der Waals surface area contributed by atoms with Crippen LogP contribution >= 0.6 is 0 Å². The lowest BCUT2D eigenvalue weighted by atomic mass is 9.88. The Bertz CT molecular complexity index is 1070. The summed E-state index contributed by atoms with van der Waals surface area (Å²) in [5.74, 6) is -1.23. The van der Waals surface area contributed by atoms with Crippen LogP contribution in [0.4, 0.5) is 4.39 Å². The molecule has 7 heteroatoms. The van der Waals surface area contributed by atoms with Gasteiger partial charge in [-0.05, 0) is 66.7 Å². The summed E-state index contributed by atoms with van der Waals surface area (Å²) in [6.45, 7) is 2.25. The first-order chi connectivity index (χ1) is 15.9. The van der Waals surface area contributed by atoms with E-state index >= 15 is 0 Å². The molecule has 1 spiro atoms. The molecular weight excluding hydrogens is 425 g/mol. The van der Waals surface area contributed by atoms with Crippen molar-refractivity contribution in [3.8, 4) is 16.9 Å². The zero-order valence-corrected chi connectivity index (χ0v) is 18.7. The summed E-state index contributed by atoms with van der Waals surface area (Å²) in [4.78, 5) is 26.0. The van der Waals surface area contributed by atoms with Gasteiger partial charge in [0.1, 0.15) is 6.10 Å². The van der Waals surface area contributed by atoms with E-state index in [0.29, 0.717) is 23.7 Å². The maximum absolute atomic E-state index is 14.4. The second-order valence-electron chi connectivity index (χ2n) is 9.41. The third kappa shape index (κ3) is 3.99. The molecule has 3 aliphatic rings. The minimum atomic E-state index is -1.18. The molecule has 2 aromatic carbocycles. The van der Waals surface area contributed by atoms with Crippen LogP contribution in [0, 0.1) is 11.2 Å². The number of carbonyl (C=O) groups excluding carboxylic acids is 1. The maximum Gasteiger partial charge on any atom is 0.335 e. The van der Waals surface area contributed by atoms with Crippen LogP contribution in [-0.4, -0.2) is 54.8 Å². The first kappa shape index (κ1) is 21.9. The molecular formula is C26H28FNO5. The van der Waals surface area contributed by atoms with E-state index in [4.69, 9.17) is 9.47 Å². The molecule has 33 heavy (non-hydrogen) atoms. The Morgan fingerprint density at radius 3 is 2.52 bits per heavy atom. The number of aromatic carboxylic acids is 1. The Balaban J connectivity index is 1.28. The Labute approximate surface area is 192 Å². The van der Waals surface area contributed by atoms with Gasteiger partial charge in [0.25, 0.3) is 5.91 Å². The number of amides is 1. The van der Waals surface area contributed by atoms with E-state index in [1.807, 2.05) is 29.2 Å². The van der Waals surface area contributed by atoms with Crippen molar-refractivity contribution in [1.29, 1.82) is 0 Å². The molecule has 0 aromatic heterocycles. The highest BCUT2D eigenvalue weighted by Gasteiger charge is 2.55. The number of rotatable bonds is 5. The maximum atomic E-state index is 14.4. The lowest BCUT2D eigenvalue weighted by Gasteiger charge is -2.34. The van der Waals surface area contributed by atoms with Gasteiger partial charge in [-0.2, -0.15) is 0 Å². The SMILES string of the molecule is COc1c(F)cc(C(=O)O)cc1-c1ccc([C@H]2CC23CCN(C(=O)[C@H]2CCCO2)CC3)cc1. The van der Waals surface area contributed by atoms with Crippen LogP contribution in [0.3, 0.4) is 0 Å². The average molecular weight is 454 g/mol. The minimum absolute atomic E-state index is 0.0407. The summed E-state index contributed by atoms with van der Waals surface area (Å²) in [5.41, 5.74) is 2.50. The molecule has 2 heterocycles. The minimum Gasteiger partial charge on any atom is -0.493 e. The van der Waals surface area contributed by atoms with E-state index < -0.39 is 11.8 Å². The zero-order chi connectivity index (χ0) is 23.2. The van der Waals surface area contributed by atoms with Crippen molar-refractivity contribution in [3.05, 3.63) is 53.3 Å². The molecule has 2 aromatic rings. The monoisotopic (exact) mass is 453 g/mol. The predicted octanol–water partition coefficient (Wildman–Crippen LogP) is 4.47. The number of carbonyl (C=O) groups is 2. The topological polar surface area (TPSA) is 76.1 Å². The molecule has 3 fully saturated rings. The van der Waals surface area contributed by atoms with Crippen molar-refractivity contribution in [1.82, 2.24) is 4.90 Å². The summed E-state index contributed by atoms with van der Waals surface area (Å²) in [5, 5.41) is 9.29. The summed E-state index contributed by atoms with van der Waals surface area (Å²) >= 11 is 0. The highest BCUT2D eigenvalue weighted by Crippen LogP contribution is 2.65. The van der Waals surface area contributed by atoms with Crippen molar-refractivity contribution < 1.29 is 28.6 Å². The van der Waals surface area contributed by atoms with E-state index in [1.54, 1.807) is 0 Å². The largest absolute Gasteiger partial charge is 0.493 e. The summed E-state index contributed by atoms with van der Waals surface area (Å²) in [6, 6.07) is 10.3. The fourth-order valence-electron chi connectivity index (χ4n) is 5.55. The molecule has 1 aliphatic carbocycles. The predicted molar refractivity (Wildman–Crippen MR) is 120 cm³/mol. The van der Waals surface area contributed by atoms with E-state index in [9.17, 15) is 19.1 Å². The molecule has 174 valence electrons. The number of hydrogen-bond acceptors (Lipinski definition) is 4. The number of likely N-dealkylation sites (tertiary alicyclic amines) is 1. The van der Waals surface area contributed by atoms with Crippen molar-refractivity contribution in [2.24, 2.45) is 5.41 Å². The first-order valence-corrected chi connectivity index (χ1v) is 11.5. The lowest BCUT2D eigenvalue weighted by Crippen LogP contribution is -2.44. The number of ether oxygens (including phenoxy) is 2. The van der Waals surface area contributed by atoms with Gasteiger partial charge in [0.05, 0.1) is 12.7 Å². The molecule has 1 amide bonds. The van der Waals surface area contributed by atoms with Gasteiger partial charge in [-0.1, -0.05) is 24.3 Å². The second-order valence-corrected chi connectivity index (χ2v) is 9.41. The van der Waals surface area contributed by atoms with Crippen molar-refractivity contribution >= 4 is 11.9 Å². The Hall–Kier alpha value is -2.93. The van der Waals surface area contributed by atoms with Crippen LogP contribution < -0.4 is 4.74 Å². The smallest absolute Gasteiger partial charge is 0.335 e. The quantitative estimate of drug-likeness (QED) is 0.723. The van der Waals surface area contributed by atoms with E-state index in [2.05, 4.69) is 0 Å². The Morgan fingerprint density at radius 1 is 1.18 bits per heavy atom. The van der Waals surface area contributed by atoms with Gasteiger partial charge in [0.2, 0.25) is 0 Å². The van der Waals surface area contributed by atoms with Crippen LogP contribution in [0.2, 0.25) is 0 Å². The standard InChI is InChI=1S/C26H28FNO5/c1-32-23-19(13-18(25(30)31)14-21(23)27)16-4-6-17(7-5-16)20-15-26(20)8-10-28(11-9-26)24(29)22-3-2-12-33-22/h4-7,13-14,20,22H,2-3,8-12,15H2,1H3,(H,30,31)/t20-,22-/m1/s1. The van der Waals surface area contributed by atoms with Gasteiger partial charge in [-0.3, -0.25) is 4.79 Å². The third-order valence-corrected chi connectivity index (χ3v) is 7.58. The summed E-state index contributed by atoms with van der Waals surface area (Å²) in [7, 11) is 1.38. The number of piperidine rings is 1. The number of carboxylic acids is 1. The Morgan fingerprint density at radius 2 is 1.91 bits per heavy atom. The highest BCUT2D eigenvalue weighted by atomic mass is 19.1. The molecule has 0 radical (unpaired) electrons. The molecule has 6 nitrogen and oxygen atoms in total. The molecule has 5 rings (SSSR count). The third-order valence-electron chi connectivity index (χ3n) is 7.58. The van der Waals surface area contributed by atoms with Crippen molar-refractivity contribution in [2.75, 3.05) is 26.8 Å². The van der Waals surface area contributed by atoms with Crippen LogP contribution in [0.5, 0.6) is 5.75 Å². The Kier molecular flexibility index (Phi) is 5.60. The van der Waals surface area contributed by atoms with E-state index in [1.165, 1.54) is 18.7 Å². The van der Waals surface area contributed by atoms with Crippen LogP contribution in [-0.2, 0) is 9.53 Å². The number of carboxylic acid groups (broad SMARTS) is 1. The number of benzene rings is 2. The summed E-state index contributed by atoms with van der Waals surface area (Å²) in [6.07, 6.45) is 4.66. The van der Waals surface area contributed by atoms with Gasteiger partial charge >= 0.3 is 5.97 Å². The van der Waals surface area contributed by atoms with E-state index in [0.717, 1.165) is 51.3 Å². The first-order valence-electron chi connectivity index (χ1n) is 11.5. The lowest BCUT2D eigenvalue weighted by molar-refractivity contribution is -0.142. The second kappa shape index (κ2) is 8.45. The molecule has 0 bridgehead atoms. The van der Waals surface area contributed by atoms with Crippen molar-refractivity contribution in [2.45, 2.75) is 44.1 Å². The van der Waals surface area contributed by atoms with Gasteiger partial charge in [-0.25, -0.2) is 9.18 Å². The molecule has 2 aliphatic heterocycles. The van der Waals surface area contributed by atoms with Gasteiger partial charge in [0.15, 0.2) is 11.6 Å². The number of nitrogens with zero attached hydrogens (tertiary/aromatic N) is 1. The van der Waals surface area contributed by atoms with Gasteiger partial charge in [0, 0.05) is 25.3 Å². The molecule has 1 saturated carbocycles. The van der Waals surface area contributed by atoms with Crippen LogP contribution in [0.1, 0.15) is 53.9 Å². The molecule has 1 N–H and O–H groups in total. The van der Waals surface area contributed by atoms with Crippen LogP contribution in [0.15, 0.2) is 36.4 Å². The molecule has 2 saturated heterocycles. The summed E-state index contributed by atoms with van der Waals surface area (Å²) < 4.78 is 25.1. The fraction of sp³-hybridized carbons (Fsp3) is 0.462. The molecule has 0 unspecified atom stereocenters. The van der Waals surface area contributed by atoms with Crippen LogP contribution in [0.25, 0.3) is 11.1 Å². The zero-order valence-electron chi connectivity index (χ0n) is 18.7. The van der Waals surface area contributed by atoms with Gasteiger partial charge < -0.3 is 19.5 Å². The van der Waals surface area contributed by atoms with Crippen molar-refractivity contribution in [3.63, 3.8) is 0 Å². The fourth-order valence-corrected chi connectivity index (χ4v) is 5.55. The highest BCUT2D eigenvalue weighted by molar-refractivity contribution is 5.90. The van der Waals surface area contributed by atoms with E-state index in [-0.39, 0.29) is 28.7 Å².